The molecule has 0 atom stereocenters. The van der Waals surface area contributed by atoms with Gasteiger partial charge < -0.3 is 24.8 Å². The quantitative estimate of drug-likeness (QED) is 0.155. The van der Waals surface area contributed by atoms with E-state index in [9.17, 15) is 0 Å². The smallest absolute Gasteiger partial charge is 0.109 e. The van der Waals surface area contributed by atoms with Gasteiger partial charge in [-0.3, -0.25) is 6.08 Å². The van der Waals surface area contributed by atoms with Crippen LogP contribution in [0.5, 0.6) is 0 Å². The molecule has 0 bridgehead atoms. The molecular formula is C47H56Cl2Zr-2. The fourth-order valence-electron chi connectivity index (χ4n) is 6.47. The third-order valence-electron chi connectivity index (χ3n) is 8.66. The summed E-state index contributed by atoms with van der Waals surface area (Å²) >= 11 is 1.65. The second-order valence-electron chi connectivity index (χ2n) is 16.1. The fourth-order valence-corrected chi connectivity index (χ4v) is 8.48. The molecule has 0 aromatic heterocycles. The maximum absolute atomic E-state index is 2.99. The standard InChI is InChI=1S/C33H33.C9H18.C5H5.2ClH.Zr/c1-32(2,3)30-20-26-24(18-28(30)22-13-9-7-10-14-22)17-25-19-29(23-15-11-8-12-16-23)31(21-27(25)26)33(4,5)6;1-8(2)6-5-7-9(3)4;1-2-4-5-3-1;;;/h7-21H,1-6H3;8-9H,6-7H2,1-4H3;1-3H,4H2;2*1H;/q-1;;-1;;;+2/p-2. The summed E-state index contributed by atoms with van der Waals surface area (Å²) in [7, 11) is 0. The van der Waals surface area contributed by atoms with Gasteiger partial charge in [0.25, 0.3) is 0 Å². The Labute approximate surface area is 331 Å². The Morgan fingerprint density at radius 3 is 1.34 bits per heavy atom. The van der Waals surface area contributed by atoms with Crippen LogP contribution in [-0.4, -0.2) is 3.21 Å². The van der Waals surface area contributed by atoms with Crippen LogP contribution in [0.2, 0.25) is 0 Å². The zero-order chi connectivity index (χ0) is 35.1. The van der Waals surface area contributed by atoms with E-state index < -0.39 is 0 Å². The second kappa shape index (κ2) is 19.4. The van der Waals surface area contributed by atoms with Crippen molar-refractivity contribution in [2.75, 3.05) is 0 Å². The Kier molecular flexibility index (Phi) is 17.0. The Morgan fingerprint density at radius 2 is 1.06 bits per heavy atom. The SMILES string of the molecule is CC(C)(C)c1cc2c(cc1-c1ccccc1)[cH-]c1cc(-c3ccccc3)c(C(C)(C)C)cc12.CC(C)C[C](=[Zr+2])CC(C)C.[C-]1=CC=CC1.[Cl-].[Cl-]. The van der Waals surface area contributed by atoms with Gasteiger partial charge >= 0.3 is 79.8 Å². The third kappa shape index (κ3) is 12.1. The average Bonchev–Trinajstić information content (AvgIpc) is 3.71. The molecule has 0 N–H and O–H groups in total. The first kappa shape index (κ1) is 43.7. The van der Waals surface area contributed by atoms with Crippen LogP contribution in [-0.2, 0) is 35.1 Å². The molecule has 5 aromatic carbocycles. The Morgan fingerprint density at radius 1 is 0.660 bits per heavy atom. The topological polar surface area (TPSA) is 0 Å². The molecule has 0 amide bonds. The molecule has 50 heavy (non-hydrogen) atoms. The summed E-state index contributed by atoms with van der Waals surface area (Å²) in [6.07, 6.45) is 12.7. The summed E-state index contributed by atoms with van der Waals surface area (Å²) < 4.78 is 1.75. The van der Waals surface area contributed by atoms with E-state index in [4.69, 9.17) is 0 Å². The van der Waals surface area contributed by atoms with E-state index in [-0.39, 0.29) is 35.6 Å². The van der Waals surface area contributed by atoms with Crippen molar-refractivity contribution >= 4 is 24.8 Å². The largest absolute Gasteiger partial charge is 1.00 e. The van der Waals surface area contributed by atoms with Crippen LogP contribution in [0.1, 0.15) is 99.6 Å². The maximum atomic E-state index is 2.99. The fraction of sp³-hybridized carbons (Fsp3) is 0.362. The summed E-state index contributed by atoms with van der Waals surface area (Å²) in [6.45, 7) is 23.1. The second-order valence-corrected chi connectivity index (χ2v) is 17.9. The van der Waals surface area contributed by atoms with Gasteiger partial charge in [0.05, 0.1) is 0 Å². The van der Waals surface area contributed by atoms with E-state index in [1.54, 1.807) is 27.4 Å². The van der Waals surface area contributed by atoms with Gasteiger partial charge in [0.2, 0.25) is 0 Å². The monoisotopic (exact) mass is 780 g/mol. The van der Waals surface area contributed by atoms with Crippen LogP contribution in [0.4, 0.5) is 0 Å². The molecule has 264 valence electrons. The zero-order valence-corrected chi connectivity index (χ0v) is 35.9. The molecular weight excluding hydrogens is 727 g/mol. The predicted octanol–water partition coefficient (Wildman–Crippen LogP) is 7.75. The van der Waals surface area contributed by atoms with Crippen molar-refractivity contribution in [2.24, 2.45) is 11.8 Å². The summed E-state index contributed by atoms with van der Waals surface area (Å²) in [5.74, 6) is 1.71. The first-order valence-corrected chi connectivity index (χ1v) is 19.0. The molecule has 0 aliphatic heterocycles. The van der Waals surface area contributed by atoms with Gasteiger partial charge in [-0.2, -0.15) is 6.08 Å². The normalized spacial score (nSPS) is 12.3. The number of hydrogen-bond acceptors (Lipinski definition) is 0. The van der Waals surface area contributed by atoms with E-state index in [1.165, 1.54) is 67.8 Å². The van der Waals surface area contributed by atoms with Crippen LogP contribution in [0.3, 0.4) is 0 Å². The number of hydrogen-bond donors (Lipinski definition) is 0. The van der Waals surface area contributed by atoms with Crippen molar-refractivity contribution in [1.29, 1.82) is 0 Å². The molecule has 0 nitrogen and oxygen atoms in total. The van der Waals surface area contributed by atoms with Crippen LogP contribution in [0.15, 0.2) is 109 Å². The predicted molar refractivity (Wildman–Crippen MR) is 211 cm³/mol. The van der Waals surface area contributed by atoms with E-state index in [2.05, 4.69) is 172 Å². The van der Waals surface area contributed by atoms with Crippen LogP contribution < -0.4 is 24.8 Å². The first-order chi connectivity index (χ1) is 22.6. The van der Waals surface area contributed by atoms with E-state index in [1.807, 2.05) is 12.2 Å². The van der Waals surface area contributed by atoms with Gasteiger partial charge in [-0.15, -0.1) is 46.2 Å². The Bertz CT molecular complexity index is 1720. The minimum absolute atomic E-state index is 0. The summed E-state index contributed by atoms with van der Waals surface area (Å²) in [5.41, 5.74) is 8.16. The summed E-state index contributed by atoms with van der Waals surface area (Å²) in [4.78, 5) is 0. The molecule has 0 fully saturated rings. The third-order valence-corrected chi connectivity index (χ3v) is 9.66. The van der Waals surface area contributed by atoms with Gasteiger partial charge in [0.15, 0.2) is 0 Å². The number of allylic oxidation sites excluding steroid dienone is 4. The number of halogens is 2. The first-order valence-electron chi connectivity index (χ1n) is 17.8. The van der Waals surface area contributed by atoms with E-state index in [0.717, 1.165) is 18.3 Å². The number of benzene rings is 4. The Balaban J connectivity index is 0.000000427. The Hall–Kier alpha value is -2.44. The zero-order valence-electron chi connectivity index (χ0n) is 31.9. The molecule has 0 heterocycles. The molecule has 0 radical (unpaired) electrons. The van der Waals surface area contributed by atoms with Gasteiger partial charge in [-0.05, 0) is 44.2 Å². The van der Waals surface area contributed by atoms with Crippen molar-refractivity contribution < 1.29 is 49.0 Å². The molecule has 0 spiro atoms. The minimum atomic E-state index is 0. The van der Waals surface area contributed by atoms with Crippen molar-refractivity contribution in [3.63, 3.8) is 0 Å². The van der Waals surface area contributed by atoms with E-state index >= 15 is 0 Å². The maximum Gasteiger partial charge on any atom is -0.109 e. The number of fused-ring (bicyclic) bond motifs is 3. The van der Waals surface area contributed by atoms with Gasteiger partial charge in [0.1, 0.15) is 0 Å². The molecule has 3 heteroatoms. The van der Waals surface area contributed by atoms with Gasteiger partial charge in [-0.1, -0.05) is 114 Å². The molecule has 6 rings (SSSR count). The number of rotatable bonds is 6. The van der Waals surface area contributed by atoms with E-state index in [0.29, 0.717) is 0 Å². The van der Waals surface area contributed by atoms with Crippen molar-refractivity contribution in [3.05, 3.63) is 126 Å². The van der Waals surface area contributed by atoms with Crippen LogP contribution >= 0.6 is 0 Å². The molecule has 0 saturated carbocycles. The van der Waals surface area contributed by atoms with Crippen molar-refractivity contribution in [1.82, 2.24) is 0 Å². The summed E-state index contributed by atoms with van der Waals surface area (Å²) in [5, 5.41) is 5.36. The van der Waals surface area contributed by atoms with Crippen molar-refractivity contribution in [3.8, 4) is 22.3 Å². The molecule has 1 aliphatic carbocycles. The summed E-state index contributed by atoms with van der Waals surface area (Å²) in [6, 6.07) is 33.7. The molecule has 5 aromatic rings. The van der Waals surface area contributed by atoms with Crippen LogP contribution in [0, 0.1) is 17.9 Å². The van der Waals surface area contributed by atoms with Crippen molar-refractivity contribution in [2.45, 2.75) is 99.3 Å². The minimum Gasteiger partial charge on any atom is -1.00 e. The molecule has 1 aliphatic rings. The molecule has 0 unspecified atom stereocenters. The van der Waals surface area contributed by atoms with Gasteiger partial charge in [-0.25, -0.2) is 12.2 Å². The average molecular weight is 783 g/mol. The van der Waals surface area contributed by atoms with Gasteiger partial charge in [0, 0.05) is 0 Å². The molecule has 0 saturated heterocycles. The van der Waals surface area contributed by atoms with Crippen LogP contribution in [0.25, 0.3) is 43.8 Å².